The Labute approximate surface area is 147 Å². The van der Waals surface area contributed by atoms with Crippen LogP contribution in [0.25, 0.3) is 22.6 Å². The molecule has 3 rings (SSSR count). The Hall–Kier alpha value is -2.54. The predicted octanol–water partition coefficient (Wildman–Crippen LogP) is 3.36. The van der Waals surface area contributed by atoms with Crippen LogP contribution in [-0.2, 0) is 0 Å². The van der Waals surface area contributed by atoms with Crippen molar-refractivity contribution in [3.05, 3.63) is 56.9 Å². The summed E-state index contributed by atoms with van der Waals surface area (Å²) in [6.45, 7) is 3.91. The van der Waals surface area contributed by atoms with Crippen LogP contribution in [0, 0.1) is 0 Å². The zero-order valence-electron chi connectivity index (χ0n) is 13.2. The van der Waals surface area contributed by atoms with Gasteiger partial charge in [-0.2, -0.15) is 5.10 Å². The molecule has 6 nitrogen and oxygen atoms in total. The molecule has 3 aromatic rings. The van der Waals surface area contributed by atoms with Gasteiger partial charge in [0.2, 0.25) is 0 Å². The summed E-state index contributed by atoms with van der Waals surface area (Å²) in [4.78, 5) is 20.9. The second kappa shape index (κ2) is 6.52. The van der Waals surface area contributed by atoms with Gasteiger partial charge in [-0.1, -0.05) is 44.2 Å². The second-order valence-corrected chi connectivity index (χ2v) is 6.41. The van der Waals surface area contributed by atoms with Gasteiger partial charge >= 0.3 is 0 Å². The molecule has 0 radical (unpaired) electrons. The number of aromatic amines is 1. The minimum absolute atomic E-state index is 0.0702. The van der Waals surface area contributed by atoms with E-state index in [0.717, 1.165) is 5.56 Å². The van der Waals surface area contributed by atoms with Gasteiger partial charge in [-0.3, -0.25) is 4.79 Å². The van der Waals surface area contributed by atoms with Crippen molar-refractivity contribution >= 4 is 21.7 Å². The molecule has 3 N–H and O–H groups in total. The molecule has 2 heterocycles. The number of halogens is 1. The van der Waals surface area contributed by atoms with Gasteiger partial charge in [0.05, 0.1) is 0 Å². The number of rotatable bonds is 3. The van der Waals surface area contributed by atoms with Crippen molar-refractivity contribution in [3.8, 4) is 22.6 Å². The summed E-state index contributed by atoms with van der Waals surface area (Å²) < 4.78 is 0.441. The number of nitrogens with one attached hydrogen (secondary N) is 1. The molecule has 0 amide bonds. The van der Waals surface area contributed by atoms with Gasteiger partial charge in [-0.05, 0) is 27.9 Å². The molecule has 24 heavy (non-hydrogen) atoms. The van der Waals surface area contributed by atoms with Crippen molar-refractivity contribution in [1.82, 2.24) is 20.2 Å². The number of nitrogens with two attached hydrogens (primary N) is 1. The minimum atomic E-state index is -0.197. The number of anilines is 1. The Morgan fingerprint density at radius 1 is 1.12 bits per heavy atom. The number of hydrogen-bond donors (Lipinski definition) is 2. The van der Waals surface area contributed by atoms with Gasteiger partial charge in [0.1, 0.15) is 21.7 Å². The molecule has 0 fully saturated rings. The topological polar surface area (TPSA) is 97.5 Å². The van der Waals surface area contributed by atoms with Crippen LogP contribution in [0.5, 0.6) is 0 Å². The molecule has 122 valence electrons. The summed E-state index contributed by atoms with van der Waals surface area (Å²) in [5, 5.41) is 6.69. The Morgan fingerprint density at radius 3 is 2.50 bits per heavy atom. The molecule has 0 saturated heterocycles. The monoisotopic (exact) mass is 385 g/mol. The zero-order chi connectivity index (χ0) is 17.3. The first kappa shape index (κ1) is 16.3. The van der Waals surface area contributed by atoms with Crippen molar-refractivity contribution in [3.63, 3.8) is 0 Å². The van der Waals surface area contributed by atoms with Gasteiger partial charge < -0.3 is 5.73 Å². The third-order valence-electron chi connectivity index (χ3n) is 3.62. The van der Waals surface area contributed by atoms with E-state index in [1.54, 1.807) is 6.07 Å². The Kier molecular flexibility index (Phi) is 4.44. The summed E-state index contributed by atoms with van der Waals surface area (Å²) in [7, 11) is 0. The average molecular weight is 386 g/mol. The second-order valence-electron chi connectivity index (χ2n) is 5.66. The SMILES string of the molecule is CC(C)c1cc(-c2nc(Br)c(N)nc2-c2ccccc2)n[nH]c1=O. The van der Waals surface area contributed by atoms with E-state index in [0.29, 0.717) is 33.1 Å². The predicted molar refractivity (Wildman–Crippen MR) is 97.5 cm³/mol. The van der Waals surface area contributed by atoms with Crippen molar-refractivity contribution in [2.45, 2.75) is 19.8 Å². The number of nitrogens with zero attached hydrogens (tertiary/aromatic N) is 3. The van der Waals surface area contributed by atoms with Crippen molar-refractivity contribution in [2.24, 2.45) is 0 Å². The van der Waals surface area contributed by atoms with Crippen molar-refractivity contribution in [1.29, 1.82) is 0 Å². The van der Waals surface area contributed by atoms with E-state index in [-0.39, 0.29) is 11.5 Å². The van der Waals surface area contributed by atoms with Crippen LogP contribution < -0.4 is 11.3 Å². The van der Waals surface area contributed by atoms with Crippen molar-refractivity contribution in [2.75, 3.05) is 5.73 Å². The first-order chi connectivity index (χ1) is 11.5. The van der Waals surface area contributed by atoms with Crippen LogP contribution in [0.2, 0.25) is 0 Å². The van der Waals surface area contributed by atoms with Crippen LogP contribution in [0.3, 0.4) is 0 Å². The highest BCUT2D eigenvalue weighted by atomic mass is 79.9. The lowest BCUT2D eigenvalue weighted by molar-refractivity contribution is 0.821. The molecule has 1 aromatic carbocycles. The van der Waals surface area contributed by atoms with Gasteiger partial charge in [0, 0.05) is 11.1 Å². The Bertz CT molecular complexity index is 937. The molecule has 0 aliphatic rings. The van der Waals surface area contributed by atoms with E-state index in [1.807, 2.05) is 44.2 Å². The normalized spacial score (nSPS) is 11.0. The fourth-order valence-corrected chi connectivity index (χ4v) is 2.64. The van der Waals surface area contributed by atoms with Crippen LogP contribution in [0.15, 0.2) is 45.8 Å². The van der Waals surface area contributed by atoms with Crippen LogP contribution in [-0.4, -0.2) is 20.2 Å². The quantitative estimate of drug-likeness (QED) is 0.719. The summed E-state index contributed by atoms with van der Waals surface area (Å²) in [5.74, 6) is 0.368. The van der Waals surface area contributed by atoms with Crippen LogP contribution in [0.4, 0.5) is 5.82 Å². The van der Waals surface area contributed by atoms with Gasteiger partial charge in [0.25, 0.3) is 5.56 Å². The molecule has 0 saturated carbocycles. The summed E-state index contributed by atoms with van der Waals surface area (Å²) >= 11 is 3.31. The summed E-state index contributed by atoms with van der Waals surface area (Å²) in [5.41, 5.74) is 8.95. The van der Waals surface area contributed by atoms with Gasteiger partial charge in [0.15, 0.2) is 5.82 Å². The highest BCUT2D eigenvalue weighted by Crippen LogP contribution is 2.31. The number of nitrogen functional groups attached to an aromatic ring is 1. The van der Waals surface area contributed by atoms with E-state index in [2.05, 4.69) is 36.1 Å². The maximum atomic E-state index is 11.9. The molecule has 0 aliphatic heterocycles. The maximum Gasteiger partial charge on any atom is 0.267 e. The highest BCUT2D eigenvalue weighted by Gasteiger charge is 2.17. The molecule has 0 spiro atoms. The Balaban J connectivity index is 2.27. The largest absolute Gasteiger partial charge is 0.381 e. The number of benzene rings is 1. The third-order valence-corrected chi connectivity index (χ3v) is 4.21. The summed E-state index contributed by atoms with van der Waals surface area (Å²) in [6.07, 6.45) is 0. The van der Waals surface area contributed by atoms with Crippen LogP contribution in [0.1, 0.15) is 25.3 Å². The molecular weight excluding hydrogens is 370 g/mol. The van der Waals surface area contributed by atoms with E-state index in [1.165, 1.54) is 0 Å². The third kappa shape index (κ3) is 3.07. The van der Waals surface area contributed by atoms with E-state index in [4.69, 9.17) is 5.73 Å². The van der Waals surface area contributed by atoms with Crippen LogP contribution >= 0.6 is 15.9 Å². The first-order valence-electron chi connectivity index (χ1n) is 7.45. The van der Waals surface area contributed by atoms with Crippen molar-refractivity contribution < 1.29 is 0 Å². The lowest BCUT2D eigenvalue weighted by atomic mass is 10.0. The van der Waals surface area contributed by atoms with E-state index >= 15 is 0 Å². The Morgan fingerprint density at radius 2 is 1.83 bits per heavy atom. The maximum absolute atomic E-state index is 11.9. The minimum Gasteiger partial charge on any atom is -0.381 e. The molecule has 0 unspecified atom stereocenters. The lowest BCUT2D eigenvalue weighted by Gasteiger charge is -2.11. The van der Waals surface area contributed by atoms with Gasteiger partial charge in [-0.25, -0.2) is 15.1 Å². The van der Waals surface area contributed by atoms with Gasteiger partial charge in [-0.15, -0.1) is 0 Å². The molecule has 2 aromatic heterocycles. The molecular formula is C17H16BrN5O. The smallest absolute Gasteiger partial charge is 0.267 e. The highest BCUT2D eigenvalue weighted by molar-refractivity contribution is 9.10. The number of hydrogen-bond acceptors (Lipinski definition) is 5. The number of H-pyrrole nitrogens is 1. The van der Waals surface area contributed by atoms with E-state index < -0.39 is 0 Å². The number of aromatic nitrogens is 4. The first-order valence-corrected chi connectivity index (χ1v) is 8.25. The fraction of sp³-hybridized carbons (Fsp3) is 0.176. The summed E-state index contributed by atoms with van der Waals surface area (Å²) in [6, 6.07) is 11.4. The lowest BCUT2D eigenvalue weighted by Crippen LogP contribution is -2.16. The standard InChI is InChI=1S/C17H16BrN5O/c1-9(2)11-8-12(22-23-17(11)24)14-13(10-6-4-3-5-7-10)21-16(19)15(18)20-14/h3-9H,1-2H3,(H2,19,21)(H,23,24). The van der Waals surface area contributed by atoms with E-state index in [9.17, 15) is 4.79 Å². The zero-order valence-corrected chi connectivity index (χ0v) is 14.8. The molecule has 0 bridgehead atoms. The molecule has 0 aliphatic carbocycles. The average Bonchev–Trinajstić information content (AvgIpc) is 2.58. The molecule has 7 heteroatoms. The fourth-order valence-electron chi connectivity index (χ4n) is 2.37. The molecule has 0 atom stereocenters.